The number of carbonyl (C=O) groups is 1. The van der Waals surface area contributed by atoms with Crippen molar-refractivity contribution >= 4 is 17.5 Å². The maximum atomic E-state index is 12.6. The first-order valence-electron chi connectivity index (χ1n) is 8.01. The summed E-state index contributed by atoms with van der Waals surface area (Å²) in [6.07, 6.45) is -4.36. The Morgan fingerprint density at radius 2 is 1.67 bits per heavy atom. The molecule has 0 aliphatic rings. The molecule has 1 heterocycles. The van der Waals surface area contributed by atoms with Crippen molar-refractivity contribution in [1.82, 2.24) is 15.4 Å². The Morgan fingerprint density at radius 1 is 1.07 bits per heavy atom. The van der Waals surface area contributed by atoms with Crippen LogP contribution >= 0.6 is 0 Å². The second-order valence-electron chi connectivity index (χ2n) is 5.53. The van der Waals surface area contributed by atoms with Crippen LogP contribution in [0.4, 0.5) is 24.7 Å². The molecule has 0 atom stereocenters. The lowest BCUT2D eigenvalue weighted by atomic mass is 10.0. The summed E-state index contributed by atoms with van der Waals surface area (Å²) in [4.78, 5) is 11.8. The van der Waals surface area contributed by atoms with E-state index < -0.39 is 17.7 Å². The number of nitrogens with one attached hydrogen (secondary N) is 2. The average Bonchev–Trinajstić information content (AvgIpc) is 3.10. The third-order valence-electron chi connectivity index (χ3n) is 3.72. The Kier molecular flexibility index (Phi) is 5.11. The molecule has 0 bridgehead atoms. The van der Waals surface area contributed by atoms with E-state index >= 15 is 0 Å². The number of benzene rings is 2. The van der Waals surface area contributed by atoms with Crippen LogP contribution in [0.3, 0.4) is 0 Å². The number of aromatic amines is 1. The number of hydrogen-bond acceptors (Lipinski definition) is 5. The molecule has 3 rings (SSSR count). The van der Waals surface area contributed by atoms with Crippen LogP contribution in [0.5, 0.6) is 0 Å². The van der Waals surface area contributed by atoms with Crippen molar-refractivity contribution in [3.63, 3.8) is 0 Å². The Balaban J connectivity index is 1.75. The van der Waals surface area contributed by atoms with Gasteiger partial charge in [0.15, 0.2) is 11.5 Å². The fourth-order valence-electron chi connectivity index (χ4n) is 2.40. The second kappa shape index (κ2) is 7.48. The fourth-order valence-corrected chi connectivity index (χ4v) is 2.40. The minimum atomic E-state index is -4.36. The van der Waals surface area contributed by atoms with Gasteiger partial charge >= 0.3 is 12.1 Å². The van der Waals surface area contributed by atoms with E-state index in [0.29, 0.717) is 11.3 Å². The molecule has 6 nitrogen and oxygen atoms in total. The zero-order valence-electron chi connectivity index (χ0n) is 14.2. The molecule has 2 N–H and O–H groups in total. The second-order valence-corrected chi connectivity index (χ2v) is 5.53. The third-order valence-corrected chi connectivity index (χ3v) is 3.72. The number of anilines is 2. The number of nitrogens with zero attached hydrogens (tertiary/aromatic N) is 2. The van der Waals surface area contributed by atoms with Gasteiger partial charge in [-0.05, 0) is 42.3 Å². The van der Waals surface area contributed by atoms with Gasteiger partial charge in [-0.15, -0.1) is 5.10 Å². The quantitative estimate of drug-likeness (QED) is 0.645. The van der Waals surface area contributed by atoms with Gasteiger partial charge in [0.2, 0.25) is 0 Å². The van der Waals surface area contributed by atoms with Crippen molar-refractivity contribution < 1.29 is 22.7 Å². The van der Waals surface area contributed by atoms with Gasteiger partial charge in [0, 0.05) is 5.69 Å². The van der Waals surface area contributed by atoms with Gasteiger partial charge in [-0.3, -0.25) is 0 Å². The number of alkyl halides is 3. The van der Waals surface area contributed by atoms with E-state index in [9.17, 15) is 18.0 Å². The molecule has 0 radical (unpaired) electrons. The van der Waals surface area contributed by atoms with E-state index in [1.54, 1.807) is 31.2 Å². The maximum absolute atomic E-state index is 12.6. The van der Waals surface area contributed by atoms with Crippen LogP contribution in [-0.4, -0.2) is 28.0 Å². The normalized spacial score (nSPS) is 11.3. The Bertz CT molecular complexity index is 919. The maximum Gasteiger partial charge on any atom is 0.416 e. The molecule has 27 heavy (non-hydrogen) atoms. The van der Waals surface area contributed by atoms with Gasteiger partial charge < -0.3 is 10.1 Å². The average molecular weight is 376 g/mol. The Morgan fingerprint density at radius 3 is 2.22 bits per heavy atom. The Hall–Kier alpha value is -3.36. The van der Waals surface area contributed by atoms with Crippen LogP contribution in [0.15, 0.2) is 48.5 Å². The van der Waals surface area contributed by atoms with Gasteiger partial charge in [-0.25, -0.2) is 9.89 Å². The molecule has 0 unspecified atom stereocenters. The lowest BCUT2D eigenvalue weighted by molar-refractivity contribution is -0.137. The van der Waals surface area contributed by atoms with E-state index in [2.05, 4.69) is 20.7 Å². The first kappa shape index (κ1) is 18.4. The summed E-state index contributed by atoms with van der Waals surface area (Å²) in [6, 6.07) is 11.9. The van der Waals surface area contributed by atoms with E-state index in [4.69, 9.17) is 4.74 Å². The van der Waals surface area contributed by atoms with Crippen LogP contribution in [0, 0.1) is 0 Å². The number of aromatic nitrogens is 3. The molecule has 140 valence electrons. The topological polar surface area (TPSA) is 79.9 Å². The van der Waals surface area contributed by atoms with E-state index in [1.807, 2.05) is 0 Å². The Labute approximate surface area is 152 Å². The summed E-state index contributed by atoms with van der Waals surface area (Å²) in [5, 5.41) is 12.8. The monoisotopic (exact) mass is 376 g/mol. The smallest absolute Gasteiger partial charge is 0.416 e. The van der Waals surface area contributed by atoms with Gasteiger partial charge in [-0.2, -0.15) is 13.2 Å². The van der Waals surface area contributed by atoms with Gasteiger partial charge in [0.1, 0.15) is 0 Å². The van der Waals surface area contributed by atoms with Crippen molar-refractivity contribution in [2.24, 2.45) is 0 Å². The van der Waals surface area contributed by atoms with E-state index in [0.717, 1.165) is 17.7 Å². The van der Waals surface area contributed by atoms with Crippen molar-refractivity contribution in [3.05, 3.63) is 59.8 Å². The minimum Gasteiger partial charge on any atom is -0.461 e. The number of ether oxygens (including phenoxy) is 1. The lowest BCUT2D eigenvalue weighted by Gasteiger charge is -2.09. The molecule has 0 aliphatic heterocycles. The SMILES string of the molecule is CCOC(=O)c1[nH]nnc1Nc1ccc(-c2ccc(C(F)(F)F)cc2)cc1. The summed E-state index contributed by atoms with van der Waals surface area (Å²) in [6.45, 7) is 1.91. The highest BCUT2D eigenvalue weighted by Crippen LogP contribution is 2.31. The predicted octanol–water partition coefficient (Wildman–Crippen LogP) is 4.41. The highest BCUT2D eigenvalue weighted by atomic mass is 19.4. The van der Waals surface area contributed by atoms with Gasteiger partial charge in [0.05, 0.1) is 12.2 Å². The summed E-state index contributed by atoms with van der Waals surface area (Å²) in [5.74, 6) is -0.359. The van der Waals surface area contributed by atoms with Gasteiger partial charge in [-0.1, -0.05) is 29.5 Å². The number of carbonyl (C=O) groups excluding carboxylic acids is 1. The zero-order chi connectivity index (χ0) is 19.4. The largest absolute Gasteiger partial charge is 0.461 e. The van der Waals surface area contributed by atoms with Crippen LogP contribution in [0.2, 0.25) is 0 Å². The van der Waals surface area contributed by atoms with E-state index in [1.165, 1.54) is 12.1 Å². The zero-order valence-corrected chi connectivity index (χ0v) is 14.2. The van der Waals surface area contributed by atoms with Crippen LogP contribution in [0.1, 0.15) is 23.0 Å². The van der Waals surface area contributed by atoms with Crippen LogP contribution in [0.25, 0.3) is 11.1 Å². The van der Waals surface area contributed by atoms with Crippen molar-refractivity contribution in [3.8, 4) is 11.1 Å². The first-order valence-corrected chi connectivity index (χ1v) is 8.01. The molecule has 0 saturated heterocycles. The number of hydrogen-bond donors (Lipinski definition) is 2. The molecule has 1 aromatic heterocycles. The molecule has 9 heteroatoms. The van der Waals surface area contributed by atoms with Crippen molar-refractivity contribution in [2.75, 3.05) is 11.9 Å². The fraction of sp³-hybridized carbons (Fsp3) is 0.167. The molecule has 2 aromatic carbocycles. The van der Waals surface area contributed by atoms with Crippen molar-refractivity contribution in [1.29, 1.82) is 0 Å². The lowest BCUT2D eigenvalue weighted by Crippen LogP contribution is -2.08. The summed E-state index contributed by atoms with van der Waals surface area (Å²) in [5.41, 5.74) is 1.44. The highest BCUT2D eigenvalue weighted by Gasteiger charge is 2.29. The van der Waals surface area contributed by atoms with E-state index in [-0.39, 0.29) is 18.1 Å². The first-order chi connectivity index (χ1) is 12.9. The number of H-pyrrole nitrogens is 1. The van der Waals surface area contributed by atoms with Crippen LogP contribution in [-0.2, 0) is 10.9 Å². The highest BCUT2D eigenvalue weighted by molar-refractivity contribution is 5.93. The summed E-state index contributed by atoms with van der Waals surface area (Å²) >= 11 is 0. The summed E-state index contributed by atoms with van der Waals surface area (Å²) < 4.78 is 42.8. The molecular weight excluding hydrogens is 361 g/mol. The number of rotatable bonds is 5. The molecule has 3 aromatic rings. The molecule has 0 saturated carbocycles. The molecule has 0 amide bonds. The predicted molar refractivity (Wildman–Crippen MR) is 92.5 cm³/mol. The molecule has 0 spiro atoms. The molecule has 0 aliphatic carbocycles. The van der Waals surface area contributed by atoms with Gasteiger partial charge in [0.25, 0.3) is 0 Å². The summed E-state index contributed by atoms with van der Waals surface area (Å²) in [7, 11) is 0. The van der Waals surface area contributed by atoms with Crippen molar-refractivity contribution in [2.45, 2.75) is 13.1 Å². The minimum absolute atomic E-state index is 0.101. The number of halogens is 3. The number of esters is 1. The third kappa shape index (κ3) is 4.25. The van der Waals surface area contributed by atoms with Crippen LogP contribution < -0.4 is 5.32 Å². The molecular formula is C18H15F3N4O2. The standard InChI is InChI=1S/C18H15F3N4O2/c1-2-27-17(26)15-16(24-25-23-15)22-14-9-5-12(6-10-14)11-3-7-13(8-4-11)18(19,20)21/h3-10H,2H2,1H3,(H2,22,23,24,25). The molecule has 0 fully saturated rings.